The summed E-state index contributed by atoms with van der Waals surface area (Å²) in [5.74, 6) is -0.572. The molecule has 1 aliphatic heterocycles. The molecule has 2 N–H and O–H groups in total. The normalized spacial score (nSPS) is 17.6. The van der Waals surface area contributed by atoms with E-state index in [0.29, 0.717) is 26.2 Å². The number of amides is 2. The number of hydrogen-bond acceptors (Lipinski definition) is 3. The highest BCUT2D eigenvalue weighted by Gasteiger charge is 2.30. The molecular weight excluding hydrogens is 304 g/mol. The van der Waals surface area contributed by atoms with Crippen molar-refractivity contribution in [1.82, 2.24) is 10.6 Å². The van der Waals surface area contributed by atoms with E-state index in [1.807, 2.05) is 26.0 Å². The van der Waals surface area contributed by atoms with Crippen molar-refractivity contribution >= 4 is 16.8 Å². The molecule has 0 aliphatic carbocycles. The summed E-state index contributed by atoms with van der Waals surface area (Å²) in [6.07, 6.45) is 0.630. The molecule has 24 heavy (non-hydrogen) atoms. The fraction of sp³-hybridized carbons (Fsp3) is 0.421. The Labute approximate surface area is 142 Å². The van der Waals surface area contributed by atoms with Crippen LogP contribution in [-0.4, -0.2) is 31.6 Å². The summed E-state index contributed by atoms with van der Waals surface area (Å²) in [6.45, 7) is 5.61. The number of nitrogens with one attached hydrogen (secondary N) is 2. The Morgan fingerprint density at radius 2 is 1.88 bits per heavy atom. The molecule has 2 amide bonds. The summed E-state index contributed by atoms with van der Waals surface area (Å²) in [4.78, 5) is 12.1. The molecule has 0 spiro atoms. The maximum Gasteiger partial charge on any atom is 0.315 e. The summed E-state index contributed by atoms with van der Waals surface area (Å²) in [7, 11) is 0. The Bertz CT molecular complexity index is 711. The summed E-state index contributed by atoms with van der Waals surface area (Å²) in [5.41, 5.74) is 1.08. The molecule has 0 aromatic heterocycles. The predicted molar refractivity (Wildman–Crippen MR) is 93.8 cm³/mol. The highest BCUT2D eigenvalue weighted by molar-refractivity contribution is 5.83. The SMILES string of the molecule is C[C@@H](NC(=O)NCCC1(C)OCCO1)c1ccc2ccccc2c1. The molecule has 128 valence electrons. The van der Waals surface area contributed by atoms with E-state index in [0.717, 1.165) is 5.56 Å². The lowest BCUT2D eigenvalue weighted by Gasteiger charge is -2.22. The fourth-order valence-corrected chi connectivity index (χ4v) is 2.91. The number of ether oxygens (including phenoxy) is 2. The zero-order valence-electron chi connectivity index (χ0n) is 14.2. The highest BCUT2D eigenvalue weighted by atomic mass is 16.7. The summed E-state index contributed by atoms with van der Waals surface area (Å²) in [5, 5.41) is 8.20. The van der Waals surface area contributed by atoms with Gasteiger partial charge in [-0.05, 0) is 36.2 Å². The van der Waals surface area contributed by atoms with E-state index in [1.54, 1.807) is 0 Å². The van der Waals surface area contributed by atoms with Gasteiger partial charge >= 0.3 is 6.03 Å². The van der Waals surface area contributed by atoms with Gasteiger partial charge in [-0.15, -0.1) is 0 Å². The van der Waals surface area contributed by atoms with Gasteiger partial charge in [0, 0.05) is 13.0 Å². The molecule has 5 heteroatoms. The molecule has 0 saturated carbocycles. The van der Waals surface area contributed by atoms with E-state index in [-0.39, 0.29) is 12.1 Å². The summed E-state index contributed by atoms with van der Waals surface area (Å²) >= 11 is 0. The second-order valence-corrected chi connectivity index (χ2v) is 6.31. The molecule has 0 bridgehead atoms. The fourth-order valence-electron chi connectivity index (χ4n) is 2.91. The van der Waals surface area contributed by atoms with Gasteiger partial charge in [-0.1, -0.05) is 36.4 Å². The van der Waals surface area contributed by atoms with Crippen molar-refractivity contribution in [2.75, 3.05) is 19.8 Å². The number of urea groups is 1. The largest absolute Gasteiger partial charge is 0.348 e. The minimum atomic E-state index is -0.572. The van der Waals surface area contributed by atoms with Crippen LogP contribution in [0.25, 0.3) is 10.8 Å². The second-order valence-electron chi connectivity index (χ2n) is 6.31. The summed E-state index contributed by atoms with van der Waals surface area (Å²) in [6, 6.07) is 14.2. The van der Waals surface area contributed by atoms with Crippen LogP contribution in [0.2, 0.25) is 0 Å². The lowest BCUT2D eigenvalue weighted by Crippen LogP contribution is -2.40. The zero-order chi connectivity index (χ0) is 17.0. The van der Waals surface area contributed by atoms with Crippen LogP contribution in [0.15, 0.2) is 42.5 Å². The maximum atomic E-state index is 12.1. The van der Waals surface area contributed by atoms with Crippen LogP contribution < -0.4 is 10.6 Å². The lowest BCUT2D eigenvalue weighted by molar-refractivity contribution is -0.145. The molecule has 1 fully saturated rings. The van der Waals surface area contributed by atoms with Crippen LogP contribution in [0.1, 0.15) is 31.9 Å². The van der Waals surface area contributed by atoms with Crippen LogP contribution in [0.5, 0.6) is 0 Å². The number of rotatable bonds is 5. The molecule has 0 unspecified atom stereocenters. The van der Waals surface area contributed by atoms with Crippen molar-refractivity contribution in [2.24, 2.45) is 0 Å². The number of benzene rings is 2. The van der Waals surface area contributed by atoms with Crippen molar-refractivity contribution in [3.63, 3.8) is 0 Å². The first-order valence-corrected chi connectivity index (χ1v) is 8.37. The topological polar surface area (TPSA) is 59.6 Å². The Kier molecular flexibility index (Phi) is 5.02. The van der Waals surface area contributed by atoms with Crippen LogP contribution in [0.4, 0.5) is 4.79 Å². The van der Waals surface area contributed by atoms with E-state index in [9.17, 15) is 4.79 Å². The van der Waals surface area contributed by atoms with Gasteiger partial charge in [-0.2, -0.15) is 0 Å². The molecule has 1 saturated heterocycles. The quantitative estimate of drug-likeness (QED) is 0.885. The average Bonchev–Trinajstić information content (AvgIpc) is 3.01. The minimum absolute atomic E-state index is 0.0656. The molecule has 2 aromatic carbocycles. The lowest BCUT2D eigenvalue weighted by atomic mass is 10.0. The Balaban J connectivity index is 1.51. The van der Waals surface area contributed by atoms with Gasteiger partial charge in [0.2, 0.25) is 0 Å². The third-order valence-corrected chi connectivity index (χ3v) is 4.38. The first-order chi connectivity index (χ1) is 11.6. The maximum absolute atomic E-state index is 12.1. The Hall–Kier alpha value is -2.11. The predicted octanol–water partition coefficient (Wildman–Crippen LogP) is 3.35. The number of fused-ring (bicyclic) bond motifs is 1. The smallest absolute Gasteiger partial charge is 0.315 e. The molecule has 3 rings (SSSR count). The molecule has 1 atom stereocenters. The first kappa shape index (κ1) is 16.7. The molecular formula is C19H24N2O3. The van der Waals surface area contributed by atoms with Gasteiger partial charge in [0.25, 0.3) is 0 Å². The van der Waals surface area contributed by atoms with Crippen molar-refractivity contribution in [2.45, 2.75) is 32.1 Å². The van der Waals surface area contributed by atoms with Crippen LogP contribution in [0, 0.1) is 0 Å². The van der Waals surface area contributed by atoms with E-state index >= 15 is 0 Å². The van der Waals surface area contributed by atoms with Crippen molar-refractivity contribution < 1.29 is 14.3 Å². The second kappa shape index (κ2) is 7.20. The number of carbonyl (C=O) groups excluding carboxylic acids is 1. The van der Waals surface area contributed by atoms with Crippen molar-refractivity contribution in [3.8, 4) is 0 Å². The standard InChI is InChI=1S/C19H24N2O3/c1-14(16-8-7-15-5-3-4-6-17(15)13-16)21-18(22)20-10-9-19(2)23-11-12-24-19/h3-8,13-14H,9-12H2,1-2H3,(H2,20,21,22)/t14-/m1/s1. The third kappa shape index (κ3) is 4.04. The average molecular weight is 328 g/mol. The number of hydrogen-bond donors (Lipinski definition) is 2. The highest BCUT2D eigenvalue weighted by Crippen LogP contribution is 2.22. The van der Waals surface area contributed by atoms with Crippen molar-refractivity contribution in [1.29, 1.82) is 0 Å². The minimum Gasteiger partial charge on any atom is -0.348 e. The van der Waals surface area contributed by atoms with E-state index < -0.39 is 5.79 Å². The number of carbonyl (C=O) groups is 1. The molecule has 0 radical (unpaired) electrons. The first-order valence-electron chi connectivity index (χ1n) is 8.37. The van der Waals surface area contributed by atoms with Gasteiger partial charge in [-0.25, -0.2) is 4.79 Å². The van der Waals surface area contributed by atoms with Gasteiger partial charge in [0.05, 0.1) is 19.3 Å². The third-order valence-electron chi connectivity index (χ3n) is 4.38. The Morgan fingerprint density at radius 3 is 2.62 bits per heavy atom. The van der Waals surface area contributed by atoms with E-state index in [1.165, 1.54) is 10.8 Å². The van der Waals surface area contributed by atoms with E-state index in [2.05, 4.69) is 41.0 Å². The van der Waals surface area contributed by atoms with Gasteiger partial charge in [0.1, 0.15) is 0 Å². The molecule has 1 aliphatic rings. The van der Waals surface area contributed by atoms with Crippen LogP contribution in [0.3, 0.4) is 0 Å². The molecule has 2 aromatic rings. The van der Waals surface area contributed by atoms with Crippen LogP contribution in [-0.2, 0) is 9.47 Å². The summed E-state index contributed by atoms with van der Waals surface area (Å²) < 4.78 is 11.0. The van der Waals surface area contributed by atoms with E-state index in [4.69, 9.17) is 9.47 Å². The molecule has 1 heterocycles. The zero-order valence-corrected chi connectivity index (χ0v) is 14.2. The van der Waals surface area contributed by atoms with Crippen LogP contribution >= 0.6 is 0 Å². The van der Waals surface area contributed by atoms with Gasteiger partial charge < -0.3 is 20.1 Å². The van der Waals surface area contributed by atoms with Crippen molar-refractivity contribution in [3.05, 3.63) is 48.0 Å². The van der Waals surface area contributed by atoms with Gasteiger partial charge in [0.15, 0.2) is 5.79 Å². The van der Waals surface area contributed by atoms with Gasteiger partial charge in [-0.3, -0.25) is 0 Å². The Morgan fingerprint density at radius 1 is 1.17 bits per heavy atom. The monoisotopic (exact) mass is 328 g/mol. The molecule has 5 nitrogen and oxygen atoms in total.